The van der Waals surface area contributed by atoms with Crippen molar-refractivity contribution < 1.29 is 0 Å². The van der Waals surface area contributed by atoms with E-state index >= 15 is 0 Å². The van der Waals surface area contributed by atoms with E-state index in [0.717, 1.165) is 36.9 Å². The zero-order valence-electron chi connectivity index (χ0n) is 18.8. The van der Waals surface area contributed by atoms with Gasteiger partial charge in [0.05, 0.1) is 5.69 Å². The van der Waals surface area contributed by atoms with Gasteiger partial charge >= 0.3 is 0 Å². The number of aromatic amines is 1. The van der Waals surface area contributed by atoms with Crippen LogP contribution in [0.1, 0.15) is 44.6 Å². The molecule has 6 heteroatoms. The van der Waals surface area contributed by atoms with Gasteiger partial charge in [0, 0.05) is 26.0 Å². The van der Waals surface area contributed by atoms with E-state index in [0.29, 0.717) is 11.3 Å². The smallest absolute Gasteiger partial charge is 0.277 e. The minimum atomic E-state index is -0.116. The van der Waals surface area contributed by atoms with Gasteiger partial charge in [-0.15, -0.1) is 0 Å². The van der Waals surface area contributed by atoms with Gasteiger partial charge < -0.3 is 9.88 Å². The molecule has 0 aliphatic heterocycles. The number of aromatic nitrogens is 4. The van der Waals surface area contributed by atoms with Gasteiger partial charge in [-0.3, -0.25) is 9.48 Å². The highest BCUT2D eigenvalue weighted by molar-refractivity contribution is 5.76. The number of anilines is 1. The summed E-state index contributed by atoms with van der Waals surface area (Å²) in [7, 11) is 3.84. The van der Waals surface area contributed by atoms with Gasteiger partial charge in [-0.2, -0.15) is 5.10 Å². The highest BCUT2D eigenvalue weighted by Crippen LogP contribution is 2.15. The molecule has 3 aromatic rings. The lowest BCUT2D eigenvalue weighted by Crippen LogP contribution is -2.12. The van der Waals surface area contributed by atoms with E-state index in [2.05, 4.69) is 65.8 Å². The molecule has 0 radical (unpaired) electrons. The molecule has 2 heterocycles. The SMILES string of the molecule is C=C/C(=C\N(C)c1ccccc1)CCC.CCCc1nn(C)c2c(=O)[nH]c(C)nc12. The summed E-state index contributed by atoms with van der Waals surface area (Å²) in [6, 6.07) is 10.3. The van der Waals surface area contributed by atoms with Gasteiger partial charge in [0.2, 0.25) is 0 Å². The fraction of sp³-hybridized carbons (Fsp3) is 0.375. The molecule has 0 unspecified atom stereocenters. The van der Waals surface area contributed by atoms with E-state index in [-0.39, 0.29) is 5.56 Å². The normalized spacial score (nSPS) is 11.2. The lowest BCUT2D eigenvalue weighted by molar-refractivity contribution is 0.750. The second-order valence-corrected chi connectivity index (χ2v) is 7.27. The van der Waals surface area contributed by atoms with Gasteiger partial charge in [-0.25, -0.2) is 4.98 Å². The molecular formula is C24H33N5O. The molecule has 30 heavy (non-hydrogen) atoms. The van der Waals surface area contributed by atoms with E-state index in [1.807, 2.05) is 24.3 Å². The molecule has 0 atom stereocenters. The van der Waals surface area contributed by atoms with E-state index in [4.69, 9.17) is 0 Å². The number of allylic oxidation sites excluding steroid dienone is 2. The van der Waals surface area contributed by atoms with Crippen molar-refractivity contribution in [3.8, 4) is 0 Å². The van der Waals surface area contributed by atoms with E-state index in [1.165, 1.54) is 11.3 Å². The molecule has 1 aromatic carbocycles. The first kappa shape index (κ1) is 23.1. The van der Waals surface area contributed by atoms with Crippen LogP contribution in [-0.4, -0.2) is 26.8 Å². The number of benzene rings is 1. The number of hydrogen-bond donors (Lipinski definition) is 1. The molecule has 160 valence electrons. The first-order valence-electron chi connectivity index (χ1n) is 10.4. The minimum absolute atomic E-state index is 0.116. The molecule has 3 rings (SSSR count). The Balaban J connectivity index is 0.000000214. The summed E-state index contributed by atoms with van der Waals surface area (Å²) >= 11 is 0. The van der Waals surface area contributed by atoms with Crippen LogP contribution in [0.5, 0.6) is 0 Å². The average Bonchev–Trinajstić information content (AvgIpc) is 3.04. The first-order chi connectivity index (χ1) is 14.4. The monoisotopic (exact) mass is 407 g/mol. The average molecular weight is 408 g/mol. The molecule has 0 aliphatic rings. The molecular weight excluding hydrogens is 374 g/mol. The van der Waals surface area contributed by atoms with Crippen molar-refractivity contribution in [2.45, 2.75) is 46.5 Å². The van der Waals surface area contributed by atoms with E-state index < -0.39 is 0 Å². The van der Waals surface area contributed by atoms with Gasteiger partial charge in [0.1, 0.15) is 11.3 Å². The predicted molar refractivity (Wildman–Crippen MR) is 126 cm³/mol. The molecule has 0 aliphatic carbocycles. The molecule has 0 fully saturated rings. The summed E-state index contributed by atoms with van der Waals surface area (Å²) in [4.78, 5) is 20.8. The second-order valence-electron chi connectivity index (χ2n) is 7.27. The Morgan fingerprint density at radius 1 is 1.23 bits per heavy atom. The number of nitrogens with one attached hydrogen (secondary N) is 1. The summed E-state index contributed by atoms with van der Waals surface area (Å²) in [6.45, 7) is 9.88. The summed E-state index contributed by atoms with van der Waals surface area (Å²) in [5, 5.41) is 4.32. The summed E-state index contributed by atoms with van der Waals surface area (Å²) in [5.41, 5.74) is 4.57. The van der Waals surface area contributed by atoms with Gasteiger partial charge in [0.25, 0.3) is 5.56 Å². The third kappa shape index (κ3) is 5.92. The fourth-order valence-electron chi connectivity index (χ4n) is 3.26. The highest BCUT2D eigenvalue weighted by Gasteiger charge is 2.12. The molecule has 0 saturated heterocycles. The summed E-state index contributed by atoms with van der Waals surface area (Å²) < 4.78 is 1.60. The van der Waals surface area contributed by atoms with Crippen molar-refractivity contribution in [3.05, 3.63) is 76.6 Å². The van der Waals surface area contributed by atoms with Crippen LogP contribution in [0.4, 0.5) is 5.69 Å². The first-order valence-corrected chi connectivity index (χ1v) is 10.4. The second kappa shape index (κ2) is 11.1. The van der Waals surface area contributed by atoms with Crippen LogP contribution in [0.15, 0.2) is 59.6 Å². The van der Waals surface area contributed by atoms with Gasteiger partial charge in [-0.05, 0) is 37.5 Å². The lowest BCUT2D eigenvalue weighted by Gasteiger charge is -2.15. The Hall–Kier alpha value is -3.15. The minimum Gasteiger partial charge on any atom is -0.351 e. The number of nitrogens with zero attached hydrogens (tertiary/aromatic N) is 4. The Kier molecular flexibility index (Phi) is 8.59. The molecule has 0 spiro atoms. The van der Waals surface area contributed by atoms with E-state index in [1.54, 1.807) is 18.7 Å². The number of H-pyrrole nitrogens is 1. The summed E-state index contributed by atoms with van der Waals surface area (Å²) in [6.07, 6.45) is 8.17. The standard InChI is InChI=1S/C14H19N.C10H14N4O/c1-4-9-13(5-2)12-15(3)14-10-7-6-8-11-14;1-4-5-7-8-9(14(3)13-7)10(15)12-6(2)11-8/h5-8,10-12H,2,4,9H2,1,3H3;4-5H2,1-3H3,(H,11,12,15)/b13-12+;. The highest BCUT2D eigenvalue weighted by atomic mass is 16.1. The number of hydrogen-bond acceptors (Lipinski definition) is 4. The number of rotatable bonds is 7. The van der Waals surface area contributed by atoms with Crippen LogP contribution in [0.25, 0.3) is 11.0 Å². The third-order valence-electron chi connectivity index (χ3n) is 4.69. The number of para-hydroxylation sites is 1. The molecule has 2 aromatic heterocycles. The zero-order valence-corrected chi connectivity index (χ0v) is 18.8. The van der Waals surface area contributed by atoms with Crippen molar-refractivity contribution in [1.29, 1.82) is 0 Å². The van der Waals surface area contributed by atoms with Crippen LogP contribution in [0.3, 0.4) is 0 Å². The van der Waals surface area contributed by atoms with Crippen LogP contribution in [0.2, 0.25) is 0 Å². The maximum absolute atomic E-state index is 11.7. The molecule has 0 amide bonds. The maximum Gasteiger partial charge on any atom is 0.277 e. The molecule has 1 N–H and O–H groups in total. The van der Waals surface area contributed by atoms with Crippen LogP contribution >= 0.6 is 0 Å². The van der Waals surface area contributed by atoms with Crippen molar-refractivity contribution in [2.24, 2.45) is 7.05 Å². The largest absolute Gasteiger partial charge is 0.351 e. The van der Waals surface area contributed by atoms with Crippen molar-refractivity contribution in [2.75, 3.05) is 11.9 Å². The summed E-state index contributed by atoms with van der Waals surface area (Å²) in [5.74, 6) is 0.637. The molecule has 0 saturated carbocycles. The van der Waals surface area contributed by atoms with Gasteiger partial charge in [0.15, 0.2) is 5.52 Å². The lowest BCUT2D eigenvalue weighted by atomic mass is 10.1. The van der Waals surface area contributed by atoms with E-state index in [9.17, 15) is 4.79 Å². The fourth-order valence-corrected chi connectivity index (χ4v) is 3.26. The Labute approximate surface area is 179 Å². The van der Waals surface area contributed by atoms with Crippen molar-refractivity contribution in [1.82, 2.24) is 19.7 Å². The third-order valence-corrected chi connectivity index (χ3v) is 4.69. The van der Waals surface area contributed by atoms with Crippen molar-refractivity contribution in [3.63, 3.8) is 0 Å². The topological polar surface area (TPSA) is 66.8 Å². The molecule has 6 nitrogen and oxygen atoms in total. The van der Waals surface area contributed by atoms with Crippen molar-refractivity contribution >= 4 is 16.7 Å². The Morgan fingerprint density at radius 2 is 1.93 bits per heavy atom. The Bertz CT molecular complexity index is 1050. The Morgan fingerprint density at radius 3 is 2.53 bits per heavy atom. The van der Waals surface area contributed by atoms with Crippen LogP contribution in [0, 0.1) is 6.92 Å². The quantitative estimate of drug-likeness (QED) is 0.565. The number of aryl methyl sites for hydroxylation is 3. The predicted octanol–water partition coefficient (Wildman–Crippen LogP) is 4.91. The number of fused-ring (bicyclic) bond motifs is 1. The maximum atomic E-state index is 11.7. The van der Waals surface area contributed by atoms with Crippen LogP contribution < -0.4 is 10.5 Å². The van der Waals surface area contributed by atoms with Gasteiger partial charge in [-0.1, -0.05) is 57.5 Å². The van der Waals surface area contributed by atoms with Crippen LogP contribution in [-0.2, 0) is 13.5 Å². The zero-order chi connectivity index (χ0) is 22.1. The molecule has 0 bridgehead atoms.